The maximum Gasteiger partial charge on any atom is 0.391 e. The van der Waals surface area contributed by atoms with Crippen LogP contribution < -0.4 is 10.6 Å². The predicted molar refractivity (Wildman–Crippen MR) is 82.4 cm³/mol. The van der Waals surface area contributed by atoms with Crippen LogP contribution in [-0.4, -0.2) is 30.0 Å². The van der Waals surface area contributed by atoms with Crippen LogP contribution >= 0.6 is 0 Å². The maximum atomic E-state index is 12.6. The smallest absolute Gasteiger partial charge is 0.354 e. The van der Waals surface area contributed by atoms with Gasteiger partial charge in [-0.2, -0.15) is 13.2 Å². The SMILES string of the molecule is CNC(=O)c1cccc(NC(=O)CC2CCC(C(F)(F)F)CC2)n1. The number of nitrogens with zero attached hydrogens (tertiary/aromatic N) is 1. The first-order valence-corrected chi connectivity index (χ1v) is 7.85. The van der Waals surface area contributed by atoms with E-state index in [0.29, 0.717) is 12.8 Å². The van der Waals surface area contributed by atoms with Crippen LogP contribution in [0.1, 0.15) is 42.6 Å². The summed E-state index contributed by atoms with van der Waals surface area (Å²) in [5.74, 6) is -1.71. The molecule has 0 radical (unpaired) electrons. The second-order valence-corrected chi connectivity index (χ2v) is 6.00. The molecule has 0 saturated heterocycles. The summed E-state index contributed by atoms with van der Waals surface area (Å²) >= 11 is 0. The Morgan fingerprint density at radius 1 is 1.21 bits per heavy atom. The van der Waals surface area contributed by atoms with Gasteiger partial charge in [0.1, 0.15) is 11.5 Å². The Balaban J connectivity index is 1.85. The number of pyridine rings is 1. The van der Waals surface area contributed by atoms with Gasteiger partial charge in [0.05, 0.1) is 5.92 Å². The molecular formula is C16H20F3N3O2. The summed E-state index contributed by atoms with van der Waals surface area (Å²) in [6, 6.07) is 4.68. The van der Waals surface area contributed by atoms with Gasteiger partial charge >= 0.3 is 6.18 Å². The molecule has 2 rings (SSSR count). The molecule has 132 valence electrons. The average molecular weight is 343 g/mol. The number of aromatic nitrogens is 1. The molecule has 0 unspecified atom stereocenters. The number of hydrogen-bond donors (Lipinski definition) is 2. The number of halogens is 3. The lowest BCUT2D eigenvalue weighted by Crippen LogP contribution is -2.29. The quantitative estimate of drug-likeness (QED) is 0.882. The highest BCUT2D eigenvalue weighted by Crippen LogP contribution is 2.40. The van der Waals surface area contributed by atoms with E-state index in [4.69, 9.17) is 0 Å². The summed E-state index contributed by atoms with van der Waals surface area (Å²) in [6.45, 7) is 0. The van der Waals surface area contributed by atoms with Crippen molar-refractivity contribution in [3.05, 3.63) is 23.9 Å². The van der Waals surface area contributed by atoms with Gasteiger partial charge in [-0.1, -0.05) is 6.07 Å². The predicted octanol–water partition coefficient (Wildman–Crippen LogP) is 3.14. The van der Waals surface area contributed by atoms with Crippen LogP contribution in [0.15, 0.2) is 18.2 Å². The van der Waals surface area contributed by atoms with E-state index in [1.165, 1.54) is 13.1 Å². The molecule has 1 saturated carbocycles. The van der Waals surface area contributed by atoms with Gasteiger partial charge in [-0.15, -0.1) is 0 Å². The standard InChI is InChI=1S/C16H20F3N3O2/c1-20-15(24)12-3-2-4-13(21-12)22-14(23)9-10-5-7-11(8-6-10)16(17,18)19/h2-4,10-11H,5-9H2,1H3,(H,20,24)(H,21,22,23). The van der Waals surface area contributed by atoms with Gasteiger partial charge in [0, 0.05) is 13.5 Å². The lowest BCUT2D eigenvalue weighted by atomic mass is 9.80. The fourth-order valence-electron chi connectivity index (χ4n) is 2.91. The van der Waals surface area contributed by atoms with E-state index < -0.39 is 12.1 Å². The Morgan fingerprint density at radius 2 is 1.88 bits per heavy atom. The summed E-state index contributed by atoms with van der Waals surface area (Å²) in [6.07, 6.45) is -3.04. The Labute approximate surface area is 138 Å². The van der Waals surface area contributed by atoms with Crippen molar-refractivity contribution >= 4 is 17.6 Å². The van der Waals surface area contributed by atoms with E-state index in [2.05, 4.69) is 15.6 Å². The van der Waals surface area contributed by atoms with Crippen molar-refractivity contribution in [2.75, 3.05) is 12.4 Å². The van der Waals surface area contributed by atoms with Crippen LogP contribution in [0, 0.1) is 11.8 Å². The molecule has 1 aromatic heterocycles. The molecule has 1 aromatic rings. The molecule has 1 heterocycles. The van der Waals surface area contributed by atoms with Crippen molar-refractivity contribution in [2.45, 2.75) is 38.3 Å². The van der Waals surface area contributed by atoms with E-state index in [1.54, 1.807) is 12.1 Å². The number of hydrogen-bond acceptors (Lipinski definition) is 3. The van der Waals surface area contributed by atoms with Gasteiger partial charge in [-0.3, -0.25) is 9.59 Å². The number of carbonyl (C=O) groups is 2. The van der Waals surface area contributed by atoms with Crippen LogP contribution in [-0.2, 0) is 4.79 Å². The monoisotopic (exact) mass is 343 g/mol. The zero-order chi connectivity index (χ0) is 17.7. The van der Waals surface area contributed by atoms with E-state index in [1.807, 2.05) is 0 Å². The maximum absolute atomic E-state index is 12.6. The molecule has 0 aliphatic heterocycles. The molecule has 0 atom stereocenters. The topological polar surface area (TPSA) is 71.1 Å². The van der Waals surface area contributed by atoms with Crippen molar-refractivity contribution in [3.8, 4) is 0 Å². The zero-order valence-electron chi connectivity index (χ0n) is 13.3. The van der Waals surface area contributed by atoms with E-state index >= 15 is 0 Å². The number of alkyl halides is 3. The second kappa shape index (κ2) is 7.63. The molecule has 0 aromatic carbocycles. The molecule has 1 fully saturated rings. The highest BCUT2D eigenvalue weighted by molar-refractivity contribution is 5.94. The van der Waals surface area contributed by atoms with Crippen molar-refractivity contribution in [2.24, 2.45) is 11.8 Å². The highest BCUT2D eigenvalue weighted by atomic mass is 19.4. The van der Waals surface area contributed by atoms with E-state index in [9.17, 15) is 22.8 Å². The highest BCUT2D eigenvalue weighted by Gasteiger charge is 2.41. The Hall–Kier alpha value is -2.12. The molecule has 2 N–H and O–H groups in total. The Morgan fingerprint density at radius 3 is 2.46 bits per heavy atom. The van der Waals surface area contributed by atoms with Gasteiger partial charge in [0.15, 0.2) is 0 Å². The average Bonchev–Trinajstić information content (AvgIpc) is 2.54. The third-order valence-electron chi connectivity index (χ3n) is 4.26. The van der Waals surface area contributed by atoms with Gasteiger partial charge in [-0.05, 0) is 43.7 Å². The van der Waals surface area contributed by atoms with Gasteiger partial charge in [0.2, 0.25) is 5.91 Å². The van der Waals surface area contributed by atoms with Gasteiger partial charge in [-0.25, -0.2) is 4.98 Å². The van der Waals surface area contributed by atoms with Crippen LogP contribution in [0.3, 0.4) is 0 Å². The largest absolute Gasteiger partial charge is 0.391 e. The Kier molecular flexibility index (Phi) is 5.80. The van der Waals surface area contributed by atoms with Crippen molar-refractivity contribution in [3.63, 3.8) is 0 Å². The summed E-state index contributed by atoms with van der Waals surface area (Å²) in [5.41, 5.74) is 0.181. The van der Waals surface area contributed by atoms with Crippen LogP contribution in [0.2, 0.25) is 0 Å². The molecule has 24 heavy (non-hydrogen) atoms. The molecule has 8 heteroatoms. The first-order chi connectivity index (χ1) is 11.3. The van der Waals surface area contributed by atoms with Crippen molar-refractivity contribution in [1.82, 2.24) is 10.3 Å². The number of amides is 2. The van der Waals surface area contributed by atoms with Gasteiger partial charge < -0.3 is 10.6 Å². The minimum absolute atomic E-state index is 0.0503. The van der Waals surface area contributed by atoms with Gasteiger partial charge in [0.25, 0.3) is 5.91 Å². The van der Waals surface area contributed by atoms with Crippen LogP contribution in [0.4, 0.5) is 19.0 Å². The molecule has 2 amide bonds. The zero-order valence-corrected chi connectivity index (χ0v) is 13.3. The lowest BCUT2D eigenvalue weighted by Gasteiger charge is -2.29. The van der Waals surface area contributed by atoms with Crippen LogP contribution in [0.5, 0.6) is 0 Å². The van der Waals surface area contributed by atoms with E-state index in [0.717, 1.165) is 0 Å². The summed E-state index contributed by atoms with van der Waals surface area (Å²) in [4.78, 5) is 27.6. The van der Waals surface area contributed by atoms with Crippen molar-refractivity contribution in [1.29, 1.82) is 0 Å². The third-order valence-corrected chi connectivity index (χ3v) is 4.26. The molecule has 0 spiro atoms. The number of nitrogens with one attached hydrogen (secondary N) is 2. The molecule has 1 aliphatic carbocycles. The van der Waals surface area contributed by atoms with E-state index in [-0.39, 0.29) is 48.5 Å². The minimum atomic E-state index is -4.14. The number of anilines is 1. The summed E-state index contributed by atoms with van der Waals surface area (Å²) in [7, 11) is 1.48. The molecule has 1 aliphatic rings. The first-order valence-electron chi connectivity index (χ1n) is 7.85. The summed E-state index contributed by atoms with van der Waals surface area (Å²) in [5, 5.41) is 5.04. The number of carbonyl (C=O) groups excluding carboxylic acids is 2. The Bertz CT molecular complexity index is 596. The molecular weight excluding hydrogens is 323 g/mol. The minimum Gasteiger partial charge on any atom is -0.354 e. The normalized spacial score (nSPS) is 21.2. The number of rotatable bonds is 4. The first kappa shape index (κ1) is 18.2. The molecule has 5 nitrogen and oxygen atoms in total. The van der Waals surface area contributed by atoms with Crippen LogP contribution in [0.25, 0.3) is 0 Å². The molecule has 0 bridgehead atoms. The fraction of sp³-hybridized carbons (Fsp3) is 0.562. The third kappa shape index (κ3) is 4.94. The fourth-order valence-corrected chi connectivity index (χ4v) is 2.91. The lowest BCUT2D eigenvalue weighted by molar-refractivity contribution is -0.183. The van der Waals surface area contributed by atoms with Crippen molar-refractivity contribution < 1.29 is 22.8 Å². The second-order valence-electron chi connectivity index (χ2n) is 6.00. The summed E-state index contributed by atoms with van der Waals surface area (Å²) < 4.78 is 37.9.